The van der Waals surface area contributed by atoms with Gasteiger partial charge in [-0.05, 0) is 17.7 Å². The summed E-state index contributed by atoms with van der Waals surface area (Å²) in [4.78, 5) is 24.3. The van der Waals surface area contributed by atoms with Gasteiger partial charge >= 0.3 is 5.69 Å². The molecular formula is C14H16N4O3. The molecule has 7 heteroatoms. The smallest absolute Gasteiger partial charge is 0.332 e. The summed E-state index contributed by atoms with van der Waals surface area (Å²) < 4.78 is 7.81. The van der Waals surface area contributed by atoms with E-state index in [4.69, 9.17) is 4.74 Å². The van der Waals surface area contributed by atoms with Crippen molar-refractivity contribution in [2.75, 3.05) is 12.5 Å². The van der Waals surface area contributed by atoms with Crippen molar-refractivity contribution in [2.24, 2.45) is 7.05 Å². The van der Waals surface area contributed by atoms with Gasteiger partial charge in [0.2, 0.25) is 0 Å². The molecule has 1 aliphatic rings. The molecule has 0 amide bonds. The van der Waals surface area contributed by atoms with Crippen molar-refractivity contribution in [3.63, 3.8) is 0 Å². The minimum atomic E-state index is -0.342. The molecule has 0 radical (unpaired) electrons. The lowest BCUT2D eigenvalue weighted by Gasteiger charge is -2.13. The maximum absolute atomic E-state index is 12.3. The van der Waals surface area contributed by atoms with E-state index in [-0.39, 0.29) is 11.2 Å². The van der Waals surface area contributed by atoms with E-state index in [0.717, 1.165) is 15.9 Å². The van der Waals surface area contributed by atoms with Crippen molar-refractivity contribution in [3.05, 3.63) is 56.2 Å². The van der Waals surface area contributed by atoms with Crippen LogP contribution in [0.3, 0.4) is 0 Å². The zero-order valence-corrected chi connectivity index (χ0v) is 11.8. The third-order valence-corrected chi connectivity index (χ3v) is 3.61. The second-order valence-electron chi connectivity index (χ2n) is 4.89. The molecule has 3 rings (SSSR count). The second-order valence-corrected chi connectivity index (χ2v) is 4.89. The molecule has 21 heavy (non-hydrogen) atoms. The van der Waals surface area contributed by atoms with Crippen LogP contribution in [-0.4, -0.2) is 16.2 Å². The Balaban J connectivity index is 2.06. The van der Waals surface area contributed by atoms with E-state index in [0.29, 0.717) is 24.5 Å². The molecule has 0 fully saturated rings. The number of hydrogen-bond acceptors (Lipinski definition) is 5. The SMILES string of the molecule is COc1ccc(Cn2c3c(c(=O)n(C)c2=O)CNN3)cc1. The zero-order chi connectivity index (χ0) is 15.0. The predicted octanol–water partition coefficient (Wildman–Crippen LogP) is 0.0340. The highest BCUT2D eigenvalue weighted by Gasteiger charge is 2.21. The summed E-state index contributed by atoms with van der Waals surface area (Å²) in [6.07, 6.45) is 0. The minimum absolute atomic E-state index is 0.265. The molecule has 0 spiro atoms. The number of benzene rings is 1. The number of nitrogens with one attached hydrogen (secondary N) is 2. The zero-order valence-electron chi connectivity index (χ0n) is 11.8. The molecule has 0 saturated heterocycles. The Kier molecular flexibility index (Phi) is 3.26. The number of hydrogen-bond donors (Lipinski definition) is 2. The van der Waals surface area contributed by atoms with E-state index < -0.39 is 0 Å². The molecule has 1 aliphatic heterocycles. The van der Waals surface area contributed by atoms with Crippen LogP contribution >= 0.6 is 0 Å². The lowest BCUT2D eigenvalue weighted by Crippen LogP contribution is -2.40. The van der Waals surface area contributed by atoms with Crippen LogP contribution in [0.4, 0.5) is 5.82 Å². The molecule has 0 bridgehead atoms. The van der Waals surface area contributed by atoms with Crippen LogP contribution in [0.25, 0.3) is 0 Å². The molecule has 1 aromatic heterocycles. The van der Waals surface area contributed by atoms with Crippen LogP contribution in [0.2, 0.25) is 0 Å². The predicted molar refractivity (Wildman–Crippen MR) is 78.5 cm³/mol. The van der Waals surface area contributed by atoms with Crippen molar-refractivity contribution in [1.82, 2.24) is 14.6 Å². The topological polar surface area (TPSA) is 77.3 Å². The van der Waals surface area contributed by atoms with Crippen molar-refractivity contribution in [2.45, 2.75) is 13.1 Å². The number of methoxy groups -OCH3 is 1. The van der Waals surface area contributed by atoms with E-state index in [1.807, 2.05) is 24.3 Å². The molecular weight excluding hydrogens is 272 g/mol. The number of hydrazine groups is 1. The van der Waals surface area contributed by atoms with Gasteiger partial charge in [-0.15, -0.1) is 0 Å². The normalized spacial score (nSPS) is 12.9. The summed E-state index contributed by atoms with van der Waals surface area (Å²) in [5.41, 5.74) is 6.70. The largest absolute Gasteiger partial charge is 0.497 e. The average molecular weight is 288 g/mol. The quantitative estimate of drug-likeness (QED) is 0.833. The summed E-state index contributed by atoms with van der Waals surface area (Å²) in [5, 5.41) is 0. The van der Waals surface area contributed by atoms with Gasteiger partial charge in [-0.2, -0.15) is 0 Å². The first kappa shape index (κ1) is 13.4. The summed E-state index contributed by atoms with van der Waals surface area (Å²) in [6, 6.07) is 7.47. The van der Waals surface area contributed by atoms with E-state index in [1.54, 1.807) is 11.7 Å². The Morgan fingerprint density at radius 1 is 1.24 bits per heavy atom. The minimum Gasteiger partial charge on any atom is -0.497 e. The Morgan fingerprint density at radius 3 is 2.62 bits per heavy atom. The summed E-state index contributed by atoms with van der Waals surface area (Å²) in [7, 11) is 3.10. The van der Waals surface area contributed by atoms with Crippen molar-refractivity contribution in [3.8, 4) is 5.75 Å². The van der Waals surface area contributed by atoms with Gasteiger partial charge in [-0.25, -0.2) is 10.2 Å². The van der Waals surface area contributed by atoms with Crippen molar-refractivity contribution < 1.29 is 4.74 Å². The van der Waals surface area contributed by atoms with E-state index >= 15 is 0 Å². The molecule has 110 valence electrons. The fourth-order valence-electron chi connectivity index (χ4n) is 2.41. The number of aromatic nitrogens is 2. The third-order valence-electron chi connectivity index (χ3n) is 3.61. The number of rotatable bonds is 3. The maximum Gasteiger partial charge on any atom is 0.332 e. The highest BCUT2D eigenvalue weighted by atomic mass is 16.5. The molecule has 0 aliphatic carbocycles. The van der Waals surface area contributed by atoms with Crippen LogP contribution in [0, 0.1) is 0 Å². The van der Waals surface area contributed by atoms with Gasteiger partial charge in [0.15, 0.2) is 0 Å². The standard InChI is InChI=1S/C14H16N4O3/c1-17-13(19)11-7-15-16-12(11)18(14(17)20)8-9-3-5-10(21-2)6-4-9/h3-6,15-16H,7-8H2,1-2H3. The Bertz CT molecular complexity index is 790. The first-order valence-electron chi connectivity index (χ1n) is 6.56. The summed E-state index contributed by atoms with van der Waals surface area (Å²) in [6.45, 7) is 0.791. The Hall–Kier alpha value is -2.54. The highest BCUT2D eigenvalue weighted by molar-refractivity contribution is 5.47. The Labute approximate surface area is 120 Å². The van der Waals surface area contributed by atoms with Crippen molar-refractivity contribution in [1.29, 1.82) is 0 Å². The first-order valence-corrected chi connectivity index (χ1v) is 6.56. The average Bonchev–Trinajstić information content (AvgIpc) is 2.99. The van der Waals surface area contributed by atoms with E-state index in [2.05, 4.69) is 10.9 Å². The molecule has 1 aromatic carbocycles. The number of ether oxygens (including phenoxy) is 1. The van der Waals surface area contributed by atoms with Crippen LogP contribution in [-0.2, 0) is 20.1 Å². The van der Waals surface area contributed by atoms with Gasteiger partial charge in [0.25, 0.3) is 5.56 Å². The molecule has 0 saturated carbocycles. The van der Waals surface area contributed by atoms with E-state index in [1.165, 1.54) is 7.05 Å². The second kappa shape index (κ2) is 5.10. The Morgan fingerprint density at radius 2 is 1.95 bits per heavy atom. The molecule has 2 aromatic rings. The lowest BCUT2D eigenvalue weighted by molar-refractivity contribution is 0.414. The van der Waals surface area contributed by atoms with Gasteiger partial charge < -0.3 is 10.2 Å². The van der Waals surface area contributed by atoms with Gasteiger partial charge in [-0.1, -0.05) is 12.1 Å². The lowest BCUT2D eigenvalue weighted by atomic mass is 10.2. The molecule has 2 N–H and O–H groups in total. The van der Waals surface area contributed by atoms with Crippen LogP contribution in [0.15, 0.2) is 33.9 Å². The van der Waals surface area contributed by atoms with Crippen LogP contribution in [0.1, 0.15) is 11.1 Å². The first-order chi connectivity index (χ1) is 10.1. The van der Waals surface area contributed by atoms with Gasteiger partial charge in [0.1, 0.15) is 11.6 Å². The van der Waals surface area contributed by atoms with Crippen LogP contribution < -0.4 is 26.8 Å². The number of anilines is 1. The monoisotopic (exact) mass is 288 g/mol. The van der Waals surface area contributed by atoms with Gasteiger partial charge in [-0.3, -0.25) is 13.9 Å². The number of nitrogens with zero attached hydrogens (tertiary/aromatic N) is 2. The molecule has 7 nitrogen and oxygen atoms in total. The molecule has 0 atom stereocenters. The van der Waals surface area contributed by atoms with Crippen molar-refractivity contribution >= 4 is 5.82 Å². The summed E-state index contributed by atoms with van der Waals surface area (Å²) in [5.74, 6) is 1.30. The van der Waals surface area contributed by atoms with Gasteiger partial charge in [0.05, 0.1) is 19.2 Å². The maximum atomic E-state index is 12.3. The third kappa shape index (κ3) is 2.21. The highest BCUT2D eigenvalue weighted by Crippen LogP contribution is 2.17. The summed E-state index contributed by atoms with van der Waals surface area (Å²) >= 11 is 0. The van der Waals surface area contributed by atoms with E-state index in [9.17, 15) is 9.59 Å². The fraction of sp³-hybridized carbons (Fsp3) is 0.286. The number of fused-ring (bicyclic) bond motifs is 1. The molecule has 2 heterocycles. The van der Waals surface area contributed by atoms with Crippen LogP contribution in [0.5, 0.6) is 5.75 Å². The van der Waals surface area contributed by atoms with Gasteiger partial charge in [0, 0.05) is 13.6 Å². The fourth-order valence-corrected chi connectivity index (χ4v) is 2.41. The molecule has 0 unspecified atom stereocenters.